The second kappa shape index (κ2) is 8.44. The maximum atomic E-state index is 14.8. The van der Waals surface area contributed by atoms with Crippen LogP contribution < -0.4 is 10.2 Å². The summed E-state index contributed by atoms with van der Waals surface area (Å²) in [5.74, 6) is 0.385. The highest BCUT2D eigenvalue weighted by atomic mass is 79.9. The van der Waals surface area contributed by atoms with Gasteiger partial charge in [0.15, 0.2) is 5.11 Å². The topological polar surface area (TPSA) is 41.3 Å². The predicted molar refractivity (Wildman–Crippen MR) is 126 cm³/mol. The third-order valence-corrected chi connectivity index (χ3v) is 6.30. The van der Waals surface area contributed by atoms with Gasteiger partial charge in [-0.3, -0.25) is 4.98 Å². The summed E-state index contributed by atoms with van der Waals surface area (Å²) in [7, 11) is 0. The molecule has 5 rings (SSSR count). The highest BCUT2D eigenvalue weighted by molar-refractivity contribution is 9.10. The van der Waals surface area contributed by atoms with Crippen LogP contribution in [0.5, 0.6) is 0 Å². The Labute approximate surface area is 197 Å². The Balaban J connectivity index is 1.62. The summed E-state index contributed by atoms with van der Waals surface area (Å²) in [5, 5.41) is 3.64. The van der Waals surface area contributed by atoms with Crippen LogP contribution in [0.15, 0.2) is 87.9 Å². The minimum atomic E-state index is -0.484. The number of anilines is 1. The minimum Gasteiger partial charge on any atom is -0.459 e. The number of hydrogen-bond acceptors (Lipinski definition) is 3. The van der Waals surface area contributed by atoms with Gasteiger partial charge in [0.25, 0.3) is 0 Å². The number of aromatic nitrogens is 1. The average molecular weight is 512 g/mol. The number of nitrogens with one attached hydrogen (secondary N) is 1. The van der Waals surface area contributed by atoms with Crippen molar-refractivity contribution in [3.05, 3.63) is 107 Å². The SMILES string of the molecule is Fc1ccc(-c2ccc([C@@H]3[C@@H](c4ccccn4)NC(=S)N3c3ccccc3F)o2)c(Br)c1. The smallest absolute Gasteiger partial charge is 0.174 e. The number of furan rings is 1. The van der Waals surface area contributed by atoms with Crippen molar-refractivity contribution in [2.24, 2.45) is 0 Å². The van der Waals surface area contributed by atoms with E-state index in [1.165, 1.54) is 18.2 Å². The number of para-hydroxylation sites is 1. The van der Waals surface area contributed by atoms with Gasteiger partial charge in [-0.15, -0.1) is 0 Å². The molecule has 0 aliphatic carbocycles. The van der Waals surface area contributed by atoms with E-state index in [2.05, 4.69) is 26.2 Å². The molecule has 2 aromatic carbocycles. The quantitative estimate of drug-likeness (QED) is 0.314. The van der Waals surface area contributed by atoms with Crippen molar-refractivity contribution >= 4 is 38.9 Å². The molecule has 0 spiro atoms. The Bertz CT molecular complexity index is 1300. The first kappa shape index (κ1) is 20.8. The van der Waals surface area contributed by atoms with Crippen molar-refractivity contribution in [1.29, 1.82) is 0 Å². The van der Waals surface area contributed by atoms with E-state index in [9.17, 15) is 8.78 Å². The summed E-state index contributed by atoms with van der Waals surface area (Å²) in [6.45, 7) is 0. The van der Waals surface area contributed by atoms with Crippen LogP contribution in [-0.2, 0) is 0 Å². The molecule has 1 aliphatic rings. The molecule has 2 atom stereocenters. The summed E-state index contributed by atoms with van der Waals surface area (Å²) in [5.41, 5.74) is 1.80. The number of pyridine rings is 1. The maximum absolute atomic E-state index is 14.8. The summed E-state index contributed by atoms with van der Waals surface area (Å²) >= 11 is 8.99. The third kappa shape index (κ3) is 3.69. The number of thiocarbonyl (C=S) groups is 1. The number of halogens is 3. The van der Waals surface area contributed by atoms with Crippen LogP contribution in [0.1, 0.15) is 23.5 Å². The molecule has 3 heterocycles. The number of hydrogen-bond donors (Lipinski definition) is 1. The third-order valence-electron chi connectivity index (χ3n) is 5.32. The van der Waals surface area contributed by atoms with Gasteiger partial charge in [-0.1, -0.05) is 18.2 Å². The van der Waals surface area contributed by atoms with Gasteiger partial charge in [-0.2, -0.15) is 0 Å². The first-order valence-corrected chi connectivity index (χ1v) is 11.0. The van der Waals surface area contributed by atoms with Crippen LogP contribution in [0, 0.1) is 11.6 Å². The Hall–Kier alpha value is -3.10. The fourth-order valence-corrected chi connectivity index (χ4v) is 4.78. The number of nitrogens with zero attached hydrogens (tertiary/aromatic N) is 2. The van der Waals surface area contributed by atoms with Crippen LogP contribution in [0.2, 0.25) is 0 Å². The fraction of sp³-hybridized carbons (Fsp3) is 0.0833. The summed E-state index contributed by atoms with van der Waals surface area (Å²) in [4.78, 5) is 6.19. The second-order valence-electron chi connectivity index (χ2n) is 7.27. The highest BCUT2D eigenvalue weighted by Crippen LogP contribution is 2.44. The van der Waals surface area contributed by atoms with Crippen LogP contribution >= 0.6 is 28.1 Å². The molecule has 0 saturated carbocycles. The number of rotatable bonds is 4. The molecular formula is C24H16BrF2N3OS. The van der Waals surface area contributed by atoms with Gasteiger partial charge in [0, 0.05) is 16.2 Å². The van der Waals surface area contributed by atoms with Crippen molar-refractivity contribution in [3.8, 4) is 11.3 Å². The van der Waals surface area contributed by atoms with E-state index in [1.807, 2.05) is 30.3 Å². The van der Waals surface area contributed by atoms with Crippen molar-refractivity contribution in [2.45, 2.75) is 12.1 Å². The maximum Gasteiger partial charge on any atom is 0.174 e. The molecule has 4 nitrogen and oxygen atoms in total. The molecule has 160 valence electrons. The summed E-state index contributed by atoms with van der Waals surface area (Å²) in [6, 6.07) is 19.3. The molecule has 8 heteroatoms. The summed E-state index contributed by atoms with van der Waals surface area (Å²) in [6.07, 6.45) is 1.70. The predicted octanol–water partition coefficient (Wildman–Crippen LogP) is 6.56. The molecule has 1 N–H and O–H groups in total. The highest BCUT2D eigenvalue weighted by Gasteiger charge is 2.43. The van der Waals surface area contributed by atoms with E-state index in [-0.39, 0.29) is 11.9 Å². The molecule has 4 aromatic rings. The lowest BCUT2D eigenvalue weighted by Gasteiger charge is -2.26. The van der Waals surface area contributed by atoms with Gasteiger partial charge in [0.1, 0.15) is 29.2 Å². The molecule has 0 bridgehead atoms. The molecule has 0 radical (unpaired) electrons. The van der Waals surface area contributed by atoms with Gasteiger partial charge in [0.05, 0.1) is 17.4 Å². The van der Waals surface area contributed by atoms with E-state index in [4.69, 9.17) is 16.6 Å². The van der Waals surface area contributed by atoms with Crippen molar-refractivity contribution in [1.82, 2.24) is 10.3 Å². The average Bonchev–Trinajstić information content (AvgIpc) is 3.39. The first-order valence-electron chi connectivity index (χ1n) is 9.83. The van der Waals surface area contributed by atoms with E-state index in [0.29, 0.717) is 32.4 Å². The Kier molecular flexibility index (Phi) is 5.48. The van der Waals surface area contributed by atoms with Crippen LogP contribution in [0.25, 0.3) is 11.3 Å². The number of benzene rings is 2. The molecular weight excluding hydrogens is 496 g/mol. The zero-order chi connectivity index (χ0) is 22.2. The van der Waals surface area contributed by atoms with Crippen LogP contribution in [0.3, 0.4) is 0 Å². The Morgan fingerprint density at radius 2 is 1.81 bits per heavy atom. The first-order chi connectivity index (χ1) is 15.5. The van der Waals surface area contributed by atoms with E-state index >= 15 is 0 Å². The zero-order valence-corrected chi connectivity index (χ0v) is 18.9. The van der Waals surface area contributed by atoms with E-state index in [1.54, 1.807) is 35.4 Å². The molecule has 32 heavy (non-hydrogen) atoms. The Morgan fingerprint density at radius 1 is 1.00 bits per heavy atom. The van der Waals surface area contributed by atoms with Crippen molar-refractivity contribution in [3.63, 3.8) is 0 Å². The molecule has 1 saturated heterocycles. The summed E-state index contributed by atoms with van der Waals surface area (Å²) < 4.78 is 35.1. The lowest BCUT2D eigenvalue weighted by molar-refractivity contribution is 0.437. The second-order valence-corrected chi connectivity index (χ2v) is 8.52. The van der Waals surface area contributed by atoms with Crippen molar-refractivity contribution in [2.75, 3.05) is 4.90 Å². The molecule has 1 fully saturated rings. The van der Waals surface area contributed by atoms with Gasteiger partial charge >= 0.3 is 0 Å². The zero-order valence-electron chi connectivity index (χ0n) is 16.5. The van der Waals surface area contributed by atoms with E-state index in [0.717, 1.165) is 5.69 Å². The van der Waals surface area contributed by atoms with Gasteiger partial charge in [-0.05, 0) is 82.7 Å². The lowest BCUT2D eigenvalue weighted by Crippen LogP contribution is -2.30. The normalized spacial score (nSPS) is 18.1. The van der Waals surface area contributed by atoms with Crippen LogP contribution in [-0.4, -0.2) is 10.1 Å². The van der Waals surface area contributed by atoms with Gasteiger partial charge in [-0.25, -0.2) is 8.78 Å². The monoisotopic (exact) mass is 511 g/mol. The molecule has 0 unspecified atom stereocenters. The van der Waals surface area contributed by atoms with E-state index < -0.39 is 11.9 Å². The Morgan fingerprint density at radius 3 is 2.56 bits per heavy atom. The largest absolute Gasteiger partial charge is 0.459 e. The lowest BCUT2D eigenvalue weighted by atomic mass is 10.0. The standard InChI is InChI=1S/C24H16BrF2N3OS/c25-16-13-14(26)8-9-15(16)20-10-11-21(31-20)23-22(18-6-3-4-12-28-18)29-24(32)30(23)19-7-2-1-5-17(19)27/h1-13,22-23H,(H,29,32)/t22-,23-/m1/s1. The molecule has 0 amide bonds. The fourth-order valence-electron chi connectivity index (χ4n) is 3.90. The van der Waals surface area contributed by atoms with Gasteiger partial charge < -0.3 is 14.6 Å². The van der Waals surface area contributed by atoms with Crippen molar-refractivity contribution < 1.29 is 13.2 Å². The molecule has 2 aromatic heterocycles. The van der Waals surface area contributed by atoms with Crippen LogP contribution in [0.4, 0.5) is 14.5 Å². The molecule has 1 aliphatic heterocycles. The van der Waals surface area contributed by atoms with Gasteiger partial charge in [0.2, 0.25) is 0 Å². The minimum absolute atomic E-state index is 0.342.